The Morgan fingerprint density at radius 3 is 2.68 bits per heavy atom. The fourth-order valence-corrected chi connectivity index (χ4v) is 3.53. The minimum Gasteiger partial charge on any atom is -0.325 e. The first-order chi connectivity index (χ1) is 9.25. The zero-order valence-electron chi connectivity index (χ0n) is 11.3. The molecule has 0 amide bonds. The minimum atomic E-state index is -0.00594. The van der Waals surface area contributed by atoms with Crippen molar-refractivity contribution in [2.24, 2.45) is 5.73 Å². The molecule has 2 N–H and O–H groups in total. The van der Waals surface area contributed by atoms with Crippen LogP contribution in [0.3, 0.4) is 0 Å². The van der Waals surface area contributed by atoms with E-state index in [4.69, 9.17) is 10.7 Å². The van der Waals surface area contributed by atoms with E-state index in [9.17, 15) is 0 Å². The second-order valence-electron chi connectivity index (χ2n) is 6.36. The molecule has 100 valence electrons. The fourth-order valence-electron chi connectivity index (χ4n) is 3.53. The van der Waals surface area contributed by atoms with Crippen LogP contribution in [0.25, 0.3) is 11.0 Å². The van der Waals surface area contributed by atoms with Gasteiger partial charge in [0.2, 0.25) is 0 Å². The monoisotopic (exact) mass is 255 g/mol. The third-order valence-electron chi connectivity index (χ3n) is 4.69. The number of rotatable bonds is 3. The molecule has 3 heteroatoms. The molecule has 3 nitrogen and oxygen atoms in total. The first kappa shape index (κ1) is 11.5. The molecule has 4 rings (SSSR count). The number of hydrogen-bond acceptors (Lipinski definition) is 2. The molecule has 0 radical (unpaired) electrons. The van der Waals surface area contributed by atoms with Crippen LogP contribution in [0.1, 0.15) is 50.4 Å². The van der Waals surface area contributed by atoms with Crippen molar-refractivity contribution in [1.82, 2.24) is 9.55 Å². The molecule has 0 aliphatic heterocycles. The Morgan fingerprint density at radius 1 is 1.21 bits per heavy atom. The number of imidazole rings is 1. The molecular weight excluding hydrogens is 234 g/mol. The average molecular weight is 255 g/mol. The molecule has 19 heavy (non-hydrogen) atoms. The summed E-state index contributed by atoms with van der Waals surface area (Å²) in [5.41, 5.74) is 8.97. The molecule has 2 saturated carbocycles. The van der Waals surface area contributed by atoms with Crippen LogP contribution in [0.4, 0.5) is 0 Å². The lowest BCUT2D eigenvalue weighted by atomic mass is 9.94. The van der Waals surface area contributed by atoms with E-state index in [1.54, 1.807) is 0 Å². The second-order valence-corrected chi connectivity index (χ2v) is 6.36. The number of hydrogen-bond donors (Lipinski definition) is 1. The molecule has 2 fully saturated rings. The predicted octanol–water partition coefficient (Wildman–Crippen LogP) is 3.19. The first-order valence-corrected chi connectivity index (χ1v) is 7.50. The standard InChI is InChI=1S/C16H21N3/c17-16(9-3-4-10-16)11-15-18-13-5-1-2-6-14(13)19(15)12-7-8-12/h1-2,5-6,12H,3-4,7-11,17H2. The Morgan fingerprint density at radius 2 is 1.95 bits per heavy atom. The highest BCUT2D eigenvalue weighted by molar-refractivity contribution is 5.76. The van der Waals surface area contributed by atoms with Gasteiger partial charge in [0.05, 0.1) is 11.0 Å². The van der Waals surface area contributed by atoms with Crippen LogP contribution in [-0.4, -0.2) is 15.1 Å². The van der Waals surface area contributed by atoms with Crippen LogP contribution < -0.4 is 5.73 Å². The zero-order chi connectivity index (χ0) is 12.9. The lowest BCUT2D eigenvalue weighted by Crippen LogP contribution is -2.39. The summed E-state index contributed by atoms with van der Waals surface area (Å²) in [4.78, 5) is 4.87. The summed E-state index contributed by atoms with van der Waals surface area (Å²) in [5, 5.41) is 0. The van der Waals surface area contributed by atoms with Crippen molar-refractivity contribution in [1.29, 1.82) is 0 Å². The first-order valence-electron chi connectivity index (χ1n) is 7.50. The largest absolute Gasteiger partial charge is 0.325 e. The van der Waals surface area contributed by atoms with Crippen LogP contribution in [0.2, 0.25) is 0 Å². The van der Waals surface area contributed by atoms with E-state index >= 15 is 0 Å². The van der Waals surface area contributed by atoms with Gasteiger partial charge in [-0.1, -0.05) is 25.0 Å². The molecule has 0 bridgehead atoms. The highest BCUT2D eigenvalue weighted by Crippen LogP contribution is 2.40. The Bertz CT molecular complexity index is 603. The van der Waals surface area contributed by atoms with Crippen LogP contribution in [0.15, 0.2) is 24.3 Å². The summed E-state index contributed by atoms with van der Waals surface area (Å²) in [6.07, 6.45) is 8.40. The summed E-state index contributed by atoms with van der Waals surface area (Å²) in [6.45, 7) is 0. The summed E-state index contributed by atoms with van der Waals surface area (Å²) >= 11 is 0. The van der Waals surface area contributed by atoms with E-state index in [-0.39, 0.29) is 5.54 Å². The van der Waals surface area contributed by atoms with Crippen LogP contribution in [0.5, 0.6) is 0 Å². The van der Waals surface area contributed by atoms with Crippen LogP contribution >= 0.6 is 0 Å². The Balaban J connectivity index is 1.78. The Kier molecular flexibility index (Phi) is 2.46. The second kappa shape index (κ2) is 4.07. The summed E-state index contributed by atoms with van der Waals surface area (Å²) in [5.74, 6) is 1.22. The van der Waals surface area contributed by atoms with Crippen molar-refractivity contribution in [3.8, 4) is 0 Å². The molecule has 0 unspecified atom stereocenters. The van der Waals surface area contributed by atoms with Crippen molar-refractivity contribution in [3.63, 3.8) is 0 Å². The molecule has 1 aromatic heterocycles. The van der Waals surface area contributed by atoms with Gasteiger partial charge in [-0.15, -0.1) is 0 Å². The number of nitrogens with zero attached hydrogens (tertiary/aromatic N) is 2. The summed E-state index contributed by atoms with van der Waals surface area (Å²) in [6, 6.07) is 9.18. The van der Waals surface area contributed by atoms with Crippen molar-refractivity contribution in [3.05, 3.63) is 30.1 Å². The fraction of sp³-hybridized carbons (Fsp3) is 0.562. The van der Waals surface area contributed by atoms with Crippen molar-refractivity contribution in [2.75, 3.05) is 0 Å². The third-order valence-corrected chi connectivity index (χ3v) is 4.69. The smallest absolute Gasteiger partial charge is 0.111 e. The maximum atomic E-state index is 6.55. The lowest BCUT2D eigenvalue weighted by Gasteiger charge is -2.23. The SMILES string of the molecule is NC1(Cc2nc3ccccc3n2C2CC2)CCCC1. The van der Waals surface area contributed by atoms with Gasteiger partial charge in [-0.3, -0.25) is 0 Å². The third kappa shape index (κ3) is 1.96. The highest BCUT2D eigenvalue weighted by Gasteiger charge is 2.34. The number of benzene rings is 1. The molecular formula is C16H21N3. The van der Waals surface area contributed by atoms with Gasteiger partial charge >= 0.3 is 0 Å². The number of para-hydroxylation sites is 2. The Hall–Kier alpha value is -1.35. The van der Waals surface area contributed by atoms with Crippen LogP contribution in [0, 0.1) is 0 Å². The number of nitrogens with two attached hydrogens (primary N) is 1. The van der Waals surface area contributed by atoms with Gasteiger partial charge in [-0.25, -0.2) is 4.98 Å². The quantitative estimate of drug-likeness (QED) is 0.915. The summed E-state index contributed by atoms with van der Waals surface area (Å²) in [7, 11) is 0. The van der Waals surface area contributed by atoms with Gasteiger partial charge in [-0.05, 0) is 37.8 Å². The molecule has 2 aromatic rings. The number of aromatic nitrogens is 2. The molecule has 2 aliphatic rings. The van der Waals surface area contributed by atoms with Gasteiger partial charge in [0.1, 0.15) is 5.82 Å². The maximum Gasteiger partial charge on any atom is 0.111 e. The van der Waals surface area contributed by atoms with E-state index in [2.05, 4.69) is 28.8 Å². The van der Waals surface area contributed by atoms with E-state index < -0.39 is 0 Å². The molecule has 0 saturated heterocycles. The van der Waals surface area contributed by atoms with Gasteiger partial charge in [-0.2, -0.15) is 0 Å². The van der Waals surface area contributed by atoms with Crippen molar-refractivity contribution >= 4 is 11.0 Å². The van der Waals surface area contributed by atoms with Gasteiger partial charge < -0.3 is 10.3 Å². The van der Waals surface area contributed by atoms with Gasteiger partial charge in [0, 0.05) is 18.0 Å². The zero-order valence-corrected chi connectivity index (χ0v) is 11.3. The minimum absolute atomic E-state index is 0.00594. The Labute approximate surface area is 113 Å². The van der Waals surface area contributed by atoms with E-state index in [0.29, 0.717) is 6.04 Å². The van der Waals surface area contributed by atoms with Crippen LogP contribution in [-0.2, 0) is 6.42 Å². The van der Waals surface area contributed by atoms with Crippen molar-refractivity contribution in [2.45, 2.75) is 56.5 Å². The van der Waals surface area contributed by atoms with Gasteiger partial charge in [0.15, 0.2) is 0 Å². The highest BCUT2D eigenvalue weighted by atomic mass is 15.1. The average Bonchev–Trinajstić information content (AvgIpc) is 3.04. The normalized spacial score (nSPS) is 22.2. The maximum absolute atomic E-state index is 6.55. The number of fused-ring (bicyclic) bond motifs is 1. The molecule has 0 atom stereocenters. The van der Waals surface area contributed by atoms with E-state index in [1.807, 2.05) is 0 Å². The molecule has 1 aromatic carbocycles. The van der Waals surface area contributed by atoms with E-state index in [1.165, 1.54) is 37.0 Å². The topological polar surface area (TPSA) is 43.8 Å². The predicted molar refractivity (Wildman–Crippen MR) is 77.1 cm³/mol. The van der Waals surface area contributed by atoms with E-state index in [0.717, 1.165) is 24.8 Å². The lowest BCUT2D eigenvalue weighted by molar-refractivity contribution is 0.419. The molecule has 0 spiro atoms. The molecule has 2 aliphatic carbocycles. The molecule has 1 heterocycles. The summed E-state index contributed by atoms with van der Waals surface area (Å²) < 4.78 is 2.46. The van der Waals surface area contributed by atoms with Gasteiger partial charge in [0.25, 0.3) is 0 Å². The van der Waals surface area contributed by atoms with Crippen molar-refractivity contribution < 1.29 is 0 Å².